The van der Waals surface area contributed by atoms with Gasteiger partial charge in [0.1, 0.15) is 22.9 Å². The van der Waals surface area contributed by atoms with Crippen LogP contribution in [0.4, 0.5) is 8.78 Å². The fraction of sp³-hybridized carbons (Fsp3) is 0.167. The quantitative estimate of drug-likeness (QED) is 0.929. The summed E-state index contributed by atoms with van der Waals surface area (Å²) in [4.78, 5) is 7.01. The molecule has 0 saturated heterocycles. The molecule has 0 aliphatic rings. The van der Waals surface area contributed by atoms with E-state index < -0.39 is 26.6 Å². The van der Waals surface area contributed by atoms with Gasteiger partial charge in [-0.2, -0.15) is 0 Å². The highest BCUT2D eigenvalue weighted by Crippen LogP contribution is 2.15. The summed E-state index contributed by atoms with van der Waals surface area (Å²) < 4.78 is 52.4. The summed E-state index contributed by atoms with van der Waals surface area (Å²) >= 11 is 0. The Kier molecular flexibility index (Phi) is 4.05. The summed E-state index contributed by atoms with van der Waals surface area (Å²) in [5.41, 5.74) is 1.10. The Hall–Kier alpha value is -1.93. The smallest absolute Gasteiger partial charge is 0.242 e. The molecule has 0 bridgehead atoms. The summed E-state index contributed by atoms with van der Waals surface area (Å²) in [5.74, 6) is -1.84. The number of hydrogen-bond donors (Lipinski definition) is 1. The molecular weight excluding hydrogens is 288 g/mol. The van der Waals surface area contributed by atoms with E-state index in [0.717, 1.165) is 12.1 Å². The Morgan fingerprint density at radius 2 is 1.95 bits per heavy atom. The van der Waals surface area contributed by atoms with Gasteiger partial charge in [0, 0.05) is 5.69 Å². The zero-order valence-electron chi connectivity index (χ0n) is 10.5. The molecule has 1 N–H and O–H groups in total. The predicted octanol–water partition coefficient (Wildman–Crippen LogP) is 1.54. The molecule has 8 heteroatoms. The molecule has 1 aromatic heterocycles. The third-order valence-electron chi connectivity index (χ3n) is 2.49. The Balaban J connectivity index is 2.21. The van der Waals surface area contributed by atoms with Crippen molar-refractivity contribution in [2.45, 2.75) is 18.4 Å². The van der Waals surface area contributed by atoms with E-state index in [2.05, 4.69) is 14.7 Å². The van der Waals surface area contributed by atoms with Crippen LogP contribution in [0.3, 0.4) is 0 Å². The Labute approximate surface area is 114 Å². The molecule has 1 aromatic carbocycles. The van der Waals surface area contributed by atoms with Crippen molar-refractivity contribution in [1.29, 1.82) is 0 Å². The second-order valence-corrected chi connectivity index (χ2v) is 5.79. The Morgan fingerprint density at radius 3 is 2.65 bits per heavy atom. The first kappa shape index (κ1) is 14.5. The molecule has 0 aliphatic carbocycles. The SMILES string of the molecule is Cc1cc(CNS(=O)(=O)c2cc(F)ccc2F)ncn1. The summed E-state index contributed by atoms with van der Waals surface area (Å²) in [5, 5.41) is 0. The molecule has 0 amide bonds. The summed E-state index contributed by atoms with van der Waals surface area (Å²) in [6, 6.07) is 3.83. The van der Waals surface area contributed by atoms with Crippen LogP contribution in [0.2, 0.25) is 0 Å². The molecule has 5 nitrogen and oxygen atoms in total. The topological polar surface area (TPSA) is 72.0 Å². The molecule has 1 heterocycles. The first-order valence-corrected chi connectivity index (χ1v) is 7.09. The number of benzene rings is 1. The van der Waals surface area contributed by atoms with Gasteiger partial charge in [0.15, 0.2) is 0 Å². The second-order valence-electron chi connectivity index (χ2n) is 4.05. The lowest BCUT2D eigenvalue weighted by Gasteiger charge is -2.07. The molecule has 0 radical (unpaired) electrons. The Bertz CT molecular complexity index is 735. The van der Waals surface area contributed by atoms with Gasteiger partial charge in [-0.05, 0) is 31.2 Å². The largest absolute Gasteiger partial charge is 0.243 e. The van der Waals surface area contributed by atoms with Gasteiger partial charge in [0.05, 0.1) is 12.2 Å². The number of nitrogens with zero attached hydrogens (tertiary/aromatic N) is 2. The number of hydrogen-bond acceptors (Lipinski definition) is 4. The maximum Gasteiger partial charge on any atom is 0.243 e. The number of sulfonamides is 1. The monoisotopic (exact) mass is 299 g/mol. The molecular formula is C12H11F2N3O2S. The zero-order valence-corrected chi connectivity index (χ0v) is 11.3. The number of aromatic nitrogens is 2. The maximum absolute atomic E-state index is 13.4. The molecule has 106 valence electrons. The standard InChI is InChI=1S/C12H11F2N3O2S/c1-8-4-10(16-7-15-8)6-17-20(18,19)12-5-9(13)2-3-11(12)14/h2-5,7,17H,6H2,1H3. The first-order valence-electron chi connectivity index (χ1n) is 5.61. The van der Waals surface area contributed by atoms with Gasteiger partial charge in [-0.1, -0.05) is 0 Å². The lowest BCUT2D eigenvalue weighted by molar-refractivity contribution is 0.545. The number of nitrogens with one attached hydrogen (secondary N) is 1. The molecule has 0 aliphatic heterocycles. The van der Waals surface area contributed by atoms with Crippen LogP contribution >= 0.6 is 0 Å². The number of halogens is 2. The van der Waals surface area contributed by atoms with Crippen LogP contribution in [-0.2, 0) is 16.6 Å². The fourth-order valence-electron chi connectivity index (χ4n) is 1.54. The average Bonchev–Trinajstić information content (AvgIpc) is 2.39. The highest BCUT2D eigenvalue weighted by molar-refractivity contribution is 7.89. The van der Waals surface area contributed by atoms with Crippen LogP contribution < -0.4 is 4.72 Å². The molecule has 0 fully saturated rings. The summed E-state index contributed by atoms with van der Waals surface area (Å²) in [7, 11) is -4.15. The highest BCUT2D eigenvalue weighted by atomic mass is 32.2. The molecule has 0 unspecified atom stereocenters. The van der Waals surface area contributed by atoms with Crippen molar-refractivity contribution in [3.05, 3.63) is 53.6 Å². The third kappa shape index (κ3) is 3.34. The van der Waals surface area contributed by atoms with Gasteiger partial charge in [-0.15, -0.1) is 0 Å². The number of aryl methyl sites for hydroxylation is 1. The van der Waals surface area contributed by atoms with Gasteiger partial charge in [-0.25, -0.2) is 31.9 Å². The van der Waals surface area contributed by atoms with E-state index in [1.807, 2.05) is 0 Å². The van der Waals surface area contributed by atoms with Gasteiger partial charge >= 0.3 is 0 Å². The van der Waals surface area contributed by atoms with Gasteiger partial charge in [-0.3, -0.25) is 0 Å². The summed E-state index contributed by atoms with van der Waals surface area (Å²) in [6.45, 7) is 1.59. The van der Waals surface area contributed by atoms with Gasteiger partial charge < -0.3 is 0 Å². The highest BCUT2D eigenvalue weighted by Gasteiger charge is 2.19. The minimum absolute atomic E-state index is 0.137. The molecule has 2 aromatic rings. The van der Waals surface area contributed by atoms with Crippen molar-refractivity contribution in [2.75, 3.05) is 0 Å². The molecule has 0 saturated carbocycles. The van der Waals surface area contributed by atoms with Crippen LogP contribution in [0.5, 0.6) is 0 Å². The van der Waals surface area contributed by atoms with Crippen LogP contribution in [0, 0.1) is 18.6 Å². The maximum atomic E-state index is 13.4. The normalized spacial score (nSPS) is 11.6. The van der Waals surface area contributed by atoms with Crippen molar-refractivity contribution in [1.82, 2.24) is 14.7 Å². The zero-order chi connectivity index (χ0) is 14.8. The Morgan fingerprint density at radius 1 is 1.20 bits per heavy atom. The molecule has 0 atom stereocenters. The van der Waals surface area contributed by atoms with Gasteiger partial charge in [0.25, 0.3) is 0 Å². The fourth-order valence-corrected chi connectivity index (χ4v) is 2.62. The van der Waals surface area contributed by atoms with E-state index in [9.17, 15) is 17.2 Å². The summed E-state index contributed by atoms with van der Waals surface area (Å²) in [6.07, 6.45) is 1.29. The second kappa shape index (κ2) is 5.59. The van der Waals surface area contributed by atoms with Crippen LogP contribution in [0.15, 0.2) is 35.5 Å². The predicted molar refractivity (Wildman–Crippen MR) is 67.2 cm³/mol. The van der Waals surface area contributed by atoms with Crippen molar-refractivity contribution in [3.8, 4) is 0 Å². The lowest BCUT2D eigenvalue weighted by Crippen LogP contribution is -2.25. The minimum atomic E-state index is -4.15. The first-order chi connectivity index (χ1) is 9.38. The third-order valence-corrected chi connectivity index (χ3v) is 3.90. The minimum Gasteiger partial charge on any atom is -0.242 e. The van der Waals surface area contributed by atoms with Crippen molar-refractivity contribution >= 4 is 10.0 Å². The van der Waals surface area contributed by atoms with Crippen molar-refractivity contribution in [3.63, 3.8) is 0 Å². The van der Waals surface area contributed by atoms with E-state index in [4.69, 9.17) is 0 Å². The van der Waals surface area contributed by atoms with Crippen LogP contribution in [-0.4, -0.2) is 18.4 Å². The van der Waals surface area contributed by atoms with Crippen molar-refractivity contribution < 1.29 is 17.2 Å². The van der Waals surface area contributed by atoms with Crippen LogP contribution in [0.1, 0.15) is 11.4 Å². The number of rotatable bonds is 4. The molecule has 0 spiro atoms. The van der Waals surface area contributed by atoms with E-state index in [-0.39, 0.29) is 6.54 Å². The lowest BCUT2D eigenvalue weighted by atomic mass is 10.3. The van der Waals surface area contributed by atoms with E-state index in [0.29, 0.717) is 17.5 Å². The van der Waals surface area contributed by atoms with Gasteiger partial charge in [0.2, 0.25) is 10.0 Å². The average molecular weight is 299 g/mol. The molecule has 2 rings (SSSR count). The van der Waals surface area contributed by atoms with Crippen LogP contribution in [0.25, 0.3) is 0 Å². The molecule has 20 heavy (non-hydrogen) atoms. The van der Waals surface area contributed by atoms with E-state index in [1.165, 1.54) is 6.33 Å². The van der Waals surface area contributed by atoms with E-state index >= 15 is 0 Å². The van der Waals surface area contributed by atoms with Crippen molar-refractivity contribution in [2.24, 2.45) is 0 Å². The van der Waals surface area contributed by atoms with E-state index in [1.54, 1.807) is 13.0 Å².